The molecular weight excluding hydrogens is 294 g/mol. The first kappa shape index (κ1) is 15.0. The SMILES string of the molecule is COc1ccccc1SC1CCCN(c2ccccc2)C1=O. The molecule has 1 amide bonds. The maximum Gasteiger partial charge on any atom is 0.240 e. The van der Waals surface area contributed by atoms with Crippen molar-refractivity contribution in [1.29, 1.82) is 0 Å². The Morgan fingerprint density at radius 1 is 1.09 bits per heavy atom. The number of carbonyl (C=O) groups is 1. The first-order valence-corrected chi connectivity index (χ1v) is 8.33. The van der Waals surface area contributed by atoms with Crippen LogP contribution in [-0.4, -0.2) is 24.8 Å². The van der Waals surface area contributed by atoms with Crippen molar-refractivity contribution in [2.24, 2.45) is 0 Å². The lowest BCUT2D eigenvalue weighted by molar-refractivity contribution is -0.119. The zero-order chi connectivity index (χ0) is 15.4. The van der Waals surface area contributed by atoms with E-state index in [2.05, 4.69) is 0 Å². The molecule has 3 nitrogen and oxygen atoms in total. The second-order valence-corrected chi connectivity index (χ2v) is 6.47. The maximum atomic E-state index is 12.8. The smallest absolute Gasteiger partial charge is 0.240 e. The molecule has 0 spiro atoms. The van der Waals surface area contributed by atoms with Crippen LogP contribution < -0.4 is 9.64 Å². The number of thioether (sulfide) groups is 1. The number of para-hydroxylation sites is 2. The van der Waals surface area contributed by atoms with Crippen molar-refractivity contribution in [3.63, 3.8) is 0 Å². The highest BCUT2D eigenvalue weighted by molar-refractivity contribution is 8.00. The second kappa shape index (κ2) is 6.88. The molecule has 1 saturated heterocycles. The highest BCUT2D eigenvalue weighted by Gasteiger charge is 2.30. The molecule has 0 aromatic heterocycles. The summed E-state index contributed by atoms with van der Waals surface area (Å²) in [6.45, 7) is 0.797. The molecule has 0 radical (unpaired) electrons. The largest absolute Gasteiger partial charge is 0.496 e. The number of amides is 1. The molecule has 22 heavy (non-hydrogen) atoms. The molecule has 0 aliphatic carbocycles. The number of nitrogens with zero attached hydrogens (tertiary/aromatic N) is 1. The molecule has 0 N–H and O–H groups in total. The van der Waals surface area contributed by atoms with Crippen LogP contribution in [0.15, 0.2) is 59.5 Å². The van der Waals surface area contributed by atoms with E-state index < -0.39 is 0 Å². The van der Waals surface area contributed by atoms with E-state index in [1.165, 1.54) is 0 Å². The minimum atomic E-state index is -0.0507. The normalized spacial score (nSPS) is 18.3. The van der Waals surface area contributed by atoms with Gasteiger partial charge < -0.3 is 9.64 Å². The maximum absolute atomic E-state index is 12.8. The molecule has 2 aromatic carbocycles. The molecule has 1 unspecified atom stereocenters. The van der Waals surface area contributed by atoms with Crippen LogP contribution in [0.1, 0.15) is 12.8 Å². The third kappa shape index (κ3) is 3.12. The van der Waals surface area contributed by atoms with Crippen LogP contribution in [-0.2, 0) is 4.79 Å². The zero-order valence-corrected chi connectivity index (χ0v) is 13.4. The molecule has 4 heteroatoms. The third-order valence-electron chi connectivity index (χ3n) is 3.80. The average Bonchev–Trinajstić information content (AvgIpc) is 2.58. The number of ether oxygens (including phenoxy) is 1. The Morgan fingerprint density at radius 3 is 2.59 bits per heavy atom. The third-order valence-corrected chi connectivity index (χ3v) is 5.11. The van der Waals surface area contributed by atoms with Crippen molar-refractivity contribution in [2.75, 3.05) is 18.6 Å². The quantitative estimate of drug-likeness (QED) is 0.855. The Hall–Kier alpha value is -1.94. The lowest BCUT2D eigenvalue weighted by Gasteiger charge is -2.32. The molecule has 3 rings (SSSR count). The summed E-state index contributed by atoms with van der Waals surface area (Å²) in [5.41, 5.74) is 0.984. The molecule has 1 heterocycles. The summed E-state index contributed by atoms with van der Waals surface area (Å²) in [5, 5.41) is -0.0507. The van der Waals surface area contributed by atoms with Crippen molar-refractivity contribution < 1.29 is 9.53 Å². The Morgan fingerprint density at radius 2 is 1.82 bits per heavy atom. The Bertz CT molecular complexity index is 645. The van der Waals surface area contributed by atoms with E-state index in [4.69, 9.17) is 4.74 Å². The van der Waals surface area contributed by atoms with Crippen molar-refractivity contribution in [3.05, 3.63) is 54.6 Å². The van der Waals surface area contributed by atoms with Gasteiger partial charge in [0, 0.05) is 12.2 Å². The van der Waals surface area contributed by atoms with Gasteiger partial charge in [0.1, 0.15) is 5.75 Å². The van der Waals surface area contributed by atoms with Gasteiger partial charge in [-0.05, 0) is 37.1 Å². The van der Waals surface area contributed by atoms with E-state index in [0.717, 1.165) is 35.7 Å². The number of benzene rings is 2. The van der Waals surface area contributed by atoms with Gasteiger partial charge >= 0.3 is 0 Å². The predicted molar refractivity (Wildman–Crippen MR) is 90.7 cm³/mol. The lowest BCUT2D eigenvalue weighted by atomic mass is 10.1. The molecule has 1 aliphatic rings. The van der Waals surface area contributed by atoms with Gasteiger partial charge in [0.05, 0.1) is 17.3 Å². The van der Waals surface area contributed by atoms with E-state index >= 15 is 0 Å². The molecular formula is C18H19NO2S. The summed E-state index contributed by atoms with van der Waals surface area (Å²) in [7, 11) is 1.67. The van der Waals surface area contributed by atoms with Gasteiger partial charge in [-0.1, -0.05) is 30.3 Å². The number of carbonyl (C=O) groups excluding carboxylic acids is 1. The summed E-state index contributed by atoms with van der Waals surface area (Å²) >= 11 is 1.61. The Kier molecular flexibility index (Phi) is 4.68. The summed E-state index contributed by atoms with van der Waals surface area (Å²) in [6.07, 6.45) is 1.93. The fraction of sp³-hybridized carbons (Fsp3) is 0.278. The van der Waals surface area contributed by atoms with E-state index in [9.17, 15) is 4.79 Å². The minimum Gasteiger partial charge on any atom is -0.496 e. The van der Waals surface area contributed by atoms with Gasteiger partial charge in [0.2, 0.25) is 5.91 Å². The van der Waals surface area contributed by atoms with Crippen LogP contribution in [0.4, 0.5) is 5.69 Å². The fourth-order valence-corrected chi connectivity index (χ4v) is 3.93. The fourth-order valence-electron chi connectivity index (χ4n) is 2.69. The zero-order valence-electron chi connectivity index (χ0n) is 12.6. The number of methoxy groups -OCH3 is 1. The molecule has 1 fully saturated rings. The Labute approximate surface area is 135 Å². The standard InChI is InChI=1S/C18H19NO2S/c1-21-15-10-5-6-11-16(15)22-17-12-7-13-19(18(17)20)14-8-3-2-4-9-14/h2-6,8-11,17H,7,12-13H2,1H3. The average molecular weight is 313 g/mol. The number of piperidine rings is 1. The van der Waals surface area contributed by atoms with Crippen LogP contribution >= 0.6 is 11.8 Å². The first-order valence-electron chi connectivity index (χ1n) is 7.45. The highest BCUT2D eigenvalue weighted by atomic mass is 32.2. The van der Waals surface area contributed by atoms with Gasteiger partial charge in [-0.25, -0.2) is 0 Å². The van der Waals surface area contributed by atoms with Gasteiger partial charge in [0.25, 0.3) is 0 Å². The lowest BCUT2D eigenvalue weighted by Crippen LogP contribution is -2.42. The summed E-state index contributed by atoms with van der Waals surface area (Å²) < 4.78 is 5.39. The predicted octanol–water partition coefficient (Wildman–Crippen LogP) is 3.98. The van der Waals surface area contributed by atoms with Crippen molar-refractivity contribution in [1.82, 2.24) is 0 Å². The number of rotatable bonds is 4. The molecule has 0 saturated carbocycles. The number of hydrogen-bond acceptors (Lipinski definition) is 3. The highest BCUT2D eigenvalue weighted by Crippen LogP contribution is 2.36. The van der Waals surface area contributed by atoms with Crippen LogP contribution in [0.5, 0.6) is 5.75 Å². The minimum absolute atomic E-state index is 0.0507. The van der Waals surface area contributed by atoms with E-state index in [0.29, 0.717) is 0 Å². The van der Waals surface area contributed by atoms with Crippen molar-refractivity contribution in [2.45, 2.75) is 23.0 Å². The molecule has 1 aliphatic heterocycles. The monoisotopic (exact) mass is 313 g/mol. The molecule has 1 atom stereocenters. The van der Waals surface area contributed by atoms with Crippen LogP contribution in [0.3, 0.4) is 0 Å². The van der Waals surface area contributed by atoms with Crippen LogP contribution in [0.2, 0.25) is 0 Å². The topological polar surface area (TPSA) is 29.5 Å². The van der Waals surface area contributed by atoms with Gasteiger partial charge in [-0.15, -0.1) is 11.8 Å². The summed E-state index contributed by atoms with van der Waals surface area (Å²) in [5.74, 6) is 1.02. The number of hydrogen-bond donors (Lipinski definition) is 0. The van der Waals surface area contributed by atoms with Crippen molar-refractivity contribution in [3.8, 4) is 5.75 Å². The molecule has 2 aromatic rings. The summed E-state index contributed by atoms with van der Waals surface area (Å²) in [4.78, 5) is 15.7. The van der Waals surface area contributed by atoms with E-state index in [-0.39, 0.29) is 11.2 Å². The number of anilines is 1. The van der Waals surface area contributed by atoms with Gasteiger partial charge in [-0.2, -0.15) is 0 Å². The second-order valence-electron chi connectivity index (χ2n) is 5.23. The van der Waals surface area contributed by atoms with E-state index in [1.807, 2.05) is 59.5 Å². The molecule has 114 valence electrons. The van der Waals surface area contributed by atoms with Crippen LogP contribution in [0.25, 0.3) is 0 Å². The van der Waals surface area contributed by atoms with Crippen LogP contribution in [0, 0.1) is 0 Å². The summed E-state index contributed by atoms with van der Waals surface area (Å²) in [6, 6.07) is 17.8. The van der Waals surface area contributed by atoms with Crippen molar-refractivity contribution >= 4 is 23.4 Å². The van der Waals surface area contributed by atoms with Gasteiger partial charge in [0.15, 0.2) is 0 Å². The molecule has 0 bridgehead atoms. The first-order chi connectivity index (χ1) is 10.8. The van der Waals surface area contributed by atoms with E-state index in [1.54, 1.807) is 18.9 Å². The Balaban J connectivity index is 1.78. The van der Waals surface area contributed by atoms with Gasteiger partial charge in [-0.3, -0.25) is 4.79 Å².